The first kappa shape index (κ1) is 13.9. The van der Waals surface area contributed by atoms with Gasteiger partial charge in [0.1, 0.15) is 6.04 Å². The van der Waals surface area contributed by atoms with Crippen molar-refractivity contribution in [3.63, 3.8) is 0 Å². The van der Waals surface area contributed by atoms with E-state index in [2.05, 4.69) is 4.90 Å². The van der Waals surface area contributed by atoms with Crippen LogP contribution < -0.4 is 5.73 Å². The average molecular weight is 262 g/mol. The van der Waals surface area contributed by atoms with Gasteiger partial charge in [0.05, 0.1) is 6.61 Å². The Morgan fingerprint density at radius 3 is 2.74 bits per heavy atom. The fourth-order valence-electron chi connectivity index (χ4n) is 2.26. The summed E-state index contributed by atoms with van der Waals surface area (Å²) in [6.07, 6.45) is 2.30. The zero-order chi connectivity index (χ0) is 13.8. The smallest absolute Gasteiger partial charge is 0.323 e. The van der Waals surface area contributed by atoms with Gasteiger partial charge in [-0.15, -0.1) is 0 Å². The predicted molar refractivity (Wildman–Crippen MR) is 75.5 cm³/mol. The van der Waals surface area contributed by atoms with E-state index in [1.807, 2.05) is 38.1 Å². The van der Waals surface area contributed by atoms with Crippen molar-refractivity contribution in [2.24, 2.45) is 0 Å². The molecule has 0 amide bonds. The van der Waals surface area contributed by atoms with Crippen molar-refractivity contribution in [2.45, 2.75) is 45.3 Å². The summed E-state index contributed by atoms with van der Waals surface area (Å²) in [4.78, 5) is 14.1. The van der Waals surface area contributed by atoms with Crippen LogP contribution in [0.1, 0.15) is 32.3 Å². The highest BCUT2D eigenvalue weighted by Crippen LogP contribution is 2.31. The lowest BCUT2D eigenvalue weighted by Crippen LogP contribution is -2.41. The summed E-state index contributed by atoms with van der Waals surface area (Å²) in [6, 6.07) is 8.09. The van der Waals surface area contributed by atoms with Gasteiger partial charge >= 0.3 is 5.97 Å². The molecule has 1 aromatic rings. The normalized spacial score (nSPS) is 16.4. The molecule has 1 fully saturated rings. The first-order valence-corrected chi connectivity index (χ1v) is 6.89. The SMILES string of the molecule is CCOC(=O)C(C)N(Cc1ccccc1N)C1CC1. The maximum absolute atomic E-state index is 11.9. The Bertz CT molecular complexity index is 444. The average Bonchev–Trinajstić information content (AvgIpc) is 3.21. The fraction of sp³-hybridized carbons (Fsp3) is 0.533. The molecule has 4 nitrogen and oxygen atoms in total. The molecule has 1 atom stereocenters. The van der Waals surface area contributed by atoms with Crippen LogP contribution in [0.15, 0.2) is 24.3 Å². The van der Waals surface area contributed by atoms with Crippen LogP contribution in [-0.4, -0.2) is 29.6 Å². The van der Waals surface area contributed by atoms with Gasteiger partial charge in [-0.1, -0.05) is 18.2 Å². The Morgan fingerprint density at radius 2 is 2.16 bits per heavy atom. The highest BCUT2D eigenvalue weighted by molar-refractivity contribution is 5.75. The number of benzene rings is 1. The Hall–Kier alpha value is -1.55. The summed E-state index contributed by atoms with van der Waals surface area (Å²) in [5.74, 6) is -0.149. The standard InChI is InChI=1S/C15H22N2O2/c1-3-19-15(18)11(2)17(13-8-9-13)10-12-6-4-5-7-14(12)16/h4-7,11,13H,3,8-10,16H2,1-2H3. The van der Waals surface area contributed by atoms with Gasteiger partial charge in [0.2, 0.25) is 0 Å². The van der Waals surface area contributed by atoms with Crippen molar-refractivity contribution in [3.8, 4) is 0 Å². The summed E-state index contributed by atoms with van der Waals surface area (Å²) in [5, 5.41) is 0. The second-order valence-electron chi connectivity index (χ2n) is 5.03. The van der Waals surface area contributed by atoms with Crippen LogP contribution in [0.25, 0.3) is 0 Å². The van der Waals surface area contributed by atoms with Gasteiger partial charge in [0.25, 0.3) is 0 Å². The molecule has 2 N–H and O–H groups in total. The summed E-state index contributed by atoms with van der Waals surface area (Å²) in [7, 11) is 0. The maximum atomic E-state index is 11.9. The van der Waals surface area contributed by atoms with Crippen molar-refractivity contribution >= 4 is 11.7 Å². The van der Waals surface area contributed by atoms with Gasteiger partial charge in [0, 0.05) is 18.3 Å². The lowest BCUT2D eigenvalue weighted by Gasteiger charge is -2.28. The minimum absolute atomic E-state index is 0.149. The van der Waals surface area contributed by atoms with E-state index in [0.717, 1.165) is 24.1 Å². The number of rotatable bonds is 6. The molecule has 0 heterocycles. The van der Waals surface area contributed by atoms with Crippen LogP contribution >= 0.6 is 0 Å². The maximum Gasteiger partial charge on any atom is 0.323 e. The van der Waals surface area contributed by atoms with Crippen LogP contribution in [0.2, 0.25) is 0 Å². The van der Waals surface area contributed by atoms with E-state index in [-0.39, 0.29) is 12.0 Å². The first-order valence-electron chi connectivity index (χ1n) is 6.89. The van der Waals surface area contributed by atoms with Gasteiger partial charge in [-0.05, 0) is 38.3 Å². The summed E-state index contributed by atoms with van der Waals surface area (Å²) >= 11 is 0. The van der Waals surface area contributed by atoms with Gasteiger partial charge in [0.15, 0.2) is 0 Å². The number of para-hydroxylation sites is 1. The number of nitrogen functional groups attached to an aromatic ring is 1. The molecule has 0 aromatic heterocycles. The largest absolute Gasteiger partial charge is 0.465 e. The molecule has 1 aromatic carbocycles. The van der Waals surface area contributed by atoms with E-state index >= 15 is 0 Å². The summed E-state index contributed by atoms with van der Waals surface area (Å²) in [5.41, 5.74) is 7.84. The molecule has 0 radical (unpaired) electrons. The minimum atomic E-state index is -0.216. The Balaban J connectivity index is 2.08. The molecule has 2 rings (SSSR count). The molecule has 1 aliphatic carbocycles. The predicted octanol–water partition coefficient (Wildman–Crippen LogP) is 2.18. The summed E-state index contributed by atoms with van der Waals surface area (Å²) < 4.78 is 5.12. The molecule has 0 spiro atoms. The van der Waals surface area contributed by atoms with Crippen LogP contribution in [0.5, 0.6) is 0 Å². The van der Waals surface area contributed by atoms with Gasteiger partial charge in [-0.2, -0.15) is 0 Å². The second kappa shape index (κ2) is 6.06. The quantitative estimate of drug-likeness (QED) is 0.630. The topological polar surface area (TPSA) is 55.6 Å². The van der Waals surface area contributed by atoms with Crippen LogP contribution in [0.3, 0.4) is 0 Å². The lowest BCUT2D eigenvalue weighted by atomic mass is 10.1. The molecule has 1 aliphatic rings. The Kier molecular flexibility index (Phi) is 4.43. The molecule has 19 heavy (non-hydrogen) atoms. The van der Waals surface area contributed by atoms with E-state index in [0.29, 0.717) is 19.2 Å². The lowest BCUT2D eigenvalue weighted by molar-refractivity contribution is -0.149. The number of carbonyl (C=O) groups is 1. The number of hydrogen-bond donors (Lipinski definition) is 1. The molecule has 0 aliphatic heterocycles. The number of ether oxygens (including phenoxy) is 1. The van der Waals surface area contributed by atoms with Crippen molar-refractivity contribution in [1.29, 1.82) is 0 Å². The summed E-state index contributed by atoms with van der Waals surface area (Å²) in [6.45, 7) is 4.88. The molecule has 104 valence electrons. The van der Waals surface area contributed by atoms with E-state index < -0.39 is 0 Å². The third-order valence-corrected chi connectivity index (χ3v) is 3.55. The van der Waals surface area contributed by atoms with Crippen LogP contribution in [-0.2, 0) is 16.1 Å². The van der Waals surface area contributed by atoms with Gasteiger partial charge in [-0.3, -0.25) is 9.69 Å². The monoisotopic (exact) mass is 262 g/mol. The van der Waals surface area contributed by atoms with E-state index in [9.17, 15) is 4.79 Å². The zero-order valence-electron chi connectivity index (χ0n) is 11.6. The van der Waals surface area contributed by atoms with Crippen molar-refractivity contribution in [1.82, 2.24) is 4.90 Å². The first-order chi connectivity index (χ1) is 9.13. The number of esters is 1. The number of carbonyl (C=O) groups excluding carboxylic acids is 1. The van der Waals surface area contributed by atoms with Gasteiger partial charge in [-0.25, -0.2) is 0 Å². The van der Waals surface area contributed by atoms with Gasteiger partial charge < -0.3 is 10.5 Å². The highest BCUT2D eigenvalue weighted by atomic mass is 16.5. The van der Waals surface area contributed by atoms with E-state index in [1.165, 1.54) is 0 Å². The highest BCUT2D eigenvalue weighted by Gasteiger charge is 2.35. The minimum Gasteiger partial charge on any atom is -0.465 e. The van der Waals surface area contributed by atoms with E-state index in [1.54, 1.807) is 0 Å². The molecular formula is C15H22N2O2. The number of nitrogens with zero attached hydrogens (tertiary/aromatic N) is 1. The molecule has 0 bridgehead atoms. The number of hydrogen-bond acceptors (Lipinski definition) is 4. The fourth-order valence-corrected chi connectivity index (χ4v) is 2.26. The van der Waals surface area contributed by atoms with Crippen molar-refractivity contribution < 1.29 is 9.53 Å². The third-order valence-electron chi connectivity index (χ3n) is 3.55. The number of anilines is 1. The third kappa shape index (κ3) is 3.47. The van der Waals surface area contributed by atoms with Crippen LogP contribution in [0, 0.1) is 0 Å². The van der Waals surface area contributed by atoms with E-state index in [4.69, 9.17) is 10.5 Å². The molecule has 1 unspecified atom stereocenters. The molecular weight excluding hydrogens is 240 g/mol. The number of nitrogens with two attached hydrogens (primary N) is 1. The molecule has 0 saturated heterocycles. The van der Waals surface area contributed by atoms with Crippen molar-refractivity contribution in [3.05, 3.63) is 29.8 Å². The molecule has 1 saturated carbocycles. The Labute approximate surface area is 114 Å². The second-order valence-corrected chi connectivity index (χ2v) is 5.03. The van der Waals surface area contributed by atoms with Crippen LogP contribution in [0.4, 0.5) is 5.69 Å². The zero-order valence-corrected chi connectivity index (χ0v) is 11.6. The van der Waals surface area contributed by atoms with Crippen molar-refractivity contribution in [2.75, 3.05) is 12.3 Å². The Morgan fingerprint density at radius 1 is 1.47 bits per heavy atom. The molecule has 4 heteroatoms.